The first-order chi connectivity index (χ1) is 8.07. The summed E-state index contributed by atoms with van der Waals surface area (Å²) in [5.41, 5.74) is 7.12. The van der Waals surface area contributed by atoms with E-state index in [0.29, 0.717) is 19.6 Å². The van der Waals surface area contributed by atoms with Gasteiger partial charge in [-0.25, -0.2) is 8.78 Å². The second-order valence-electron chi connectivity index (χ2n) is 4.67. The SMILES string of the molecule is NC(CN1CCC(F)(F)CC1)c1ccccc1. The lowest BCUT2D eigenvalue weighted by molar-refractivity contribution is -0.0558. The molecule has 1 unspecified atom stereocenters. The average molecular weight is 240 g/mol. The first-order valence-corrected chi connectivity index (χ1v) is 5.97. The smallest absolute Gasteiger partial charge is 0.250 e. The first-order valence-electron chi connectivity index (χ1n) is 5.97. The van der Waals surface area contributed by atoms with Gasteiger partial charge in [-0.3, -0.25) is 0 Å². The van der Waals surface area contributed by atoms with Crippen LogP contribution in [0.2, 0.25) is 0 Å². The Morgan fingerprint density at radius 2 is 1.76 bits per heavy atom. The monoisotopic (exact) mass is 240 g/mol. The molecule has 1 aromatic carbocycles. The Hall–Kier alpha value is -1.00. The fourth-order valence-electron chi connectivity index (χ4n) is 2.15. The van der Waals surface area contributed by atoms with Crippen molar-refractivity contribution < 1.29 is 8.78 Å². The van der Waals surface area contributed by atoms with E-state index < -0.39 is 5.92 Å². The minimum atomic E-state index is -2.48. The summed E-state index contributed by atoms with van der Waals surface area (Å²) in [6.45, 7) is 1.53. The molecule has 2 N–H and O–H groups in total. The predicted octanol–water partition coefficient (Wildman–Crippen LogP) is 2.42. The van der Waals surface area contributed by atoms with Crippen molar-refractivity contribution in [2.45, 2.75) is 24.8 Å². The van der Waals surface area contributed by atoms with Crippen LogP contribution in [0.1, 0.15) is 24.4 Å². The molecule has 0 bridgehead atoms. The van der Waals surface area contributed by atoms with Crippen molar-refractivity contribution in [3.05, 3.63) is 35.9 Å². The highest BCUT2D eigenvalue weighted by atomic mass is 19.3. The summed E-state index contributed by atoms with van der Waals surface area (Å²) in [5.74, 6) is -2.48. The van der Waals surface area contributed by atoms with Gasteiger partial charge in [0, 0.05) is 38.5 Å². The lowest BCUT2D eigenvalue weighted by Crippen LogP contribution is -2.42. The van der Waals surface area contributed by atoms with E-state index in [1.807, 2.05) is 35.2 Å². The van der Waals surface area contributed by atoms with Gasteiger partial charge in [0.05, 0.1) is 0 Å². The van der Waals surface area contributed by atoms with Crippen LogP contribution >= 0.6 is 0 Å². The summed E-state index contributed by atoms with van der Waals surface area (Å²) >= 11 is 0. The molecule has 1 aliphatic rings. The van der Waals surface area contributed by atoms with Crippen LogP contribution in [0.4, 0.5) is 8.78 Å². The van der Waals surface area contributed by atoms with Gasteiger partial charge < -0.3 is 10.6 Å². The highest BCUT2D eigenvalue weighted by molar-refractivity contribution is 5.18. The van der Waals surface area contributed by atoms with Crippen LogP contribution in [0.3, 0.4) is 0 Å². The largest absolute Gasteiger partial charge is 0.323 e. The Morgan fingerprint density at radius 1 is 1.18 bits per heavy atom. The molecule has 0 aromatic heterocycles. The highest BCUT2D eigenvalue weighted by Crippen LogP contribution is 2.28. The van der Waals surface area contributed by atoms with Gasteiger partial charge in [-0.2, -0.15) is 0 Å². The lowest BCUT2D eigenvalue weighted by atomic mass is 10.0. The van der Waals surface area contributed by atoms with E-state index in [1.165, 1.54) is 0 Å². The molecular formula is C13H18F2N2. The molecule has 0 amide bonds. The van der Waals surface area contributed by atoms with Gasteiger partial charge in [0.2, 0.25) is 0 Å². The topological polar surface area (TPSA) is 29.3 Å². The van der Waals surface area contributed by atoms with Gasteiger partial charge in [0.15, 0.2) is 0 Å². The molecule has 1 heterocycles. The summed E-state index contributed by atoms with van der Waals surface area (Å²) in [6.07, 6.45) is -0.0942. The van der Waals surface area contributed by atoms with Gasteiger partial charge in [-0.15, -0.1) is 0 Å². The zero-order chi connectivity index (χ0) is 12.3. The third-order valence-corrected chi connectivity index (χ3v) is 3.27. The number of piperidine rings is 1. The minimum absolute atomic E-state index is 0.0471. The first kappa shape index (κ1) is 12.5. The molecule has 0 radical (unpaired) electrons. The Kier molecular flexibility index (Phi) is 3.74. The molecule has 0 spiro atoms. The number of nitrogens with two attached hydrogens (primary N) is 1. The Balaban J connectivity index is 1.86. The summed E-state index contributed by atoms with van der Waals surface area (Å²) in [6, 6.07) is 9.69. The number of hydrogen-bond donors (Lipinski definition) is 1. The zero-order valence-electron chi connectivity index (χ0n) is 9.78. The molecule has 1 atom stereocenters. The quantitative estimate of drug-likeness (QED) is 0.879. The standard InChI is InChI=1S/C13H18F2N2/c14-13(15)6-8-17(9-7-13)10-12(16)11-4-2-1-3-5-11/h1-5,12H,6-10,16H2. The van der Waals surface area contributed by atoms with Crippen molar-refractivity contribution >= 4 is 0 Å². The van der Waals surface area contributed by atoms with Crippen molar-refractivity contribution in [1.29, 1.82) is 0 Å². The summed E-state index contributed by atoms with van der Waals surface area (Å²) in [4.78, 5) is 2.02. The van der Waals surface area contributed by atoms with Gasteiger partial charge in [-0.05, 0) is 5.56 Å². The summed E-state index contributed by atoms with van der Waals surface area (Å²) < 4.78 is 26.0. The Bertz CT molecular complexity index is 344. The second-order valence-corrected chi connectivity index (χ2v) is 4.67. The number of likely N-dealkylation sites (tertiary alicyclic amines) is 1. The third-order valence-electron chi connectivity index (χ3n) is 3.27. The molecular weight excluding hydrogens is 222 g/mol. The van der Waals surface area contributed by atoms with E-state index in [0.717, 1.165) is 5.56 Å². The fourth-order valence-corrected chi connectivity index (χ4v) is 2.15. The molecule has 1 aromatic rings. The molecule has 2 rings (SSSR count). The molecule has 1 fully saturated rings. The molecule has 2 nitrogen and oxygen atoms in total. The zero-order valence-corrected chi connectivity index (χ0v) is 9.78. The van der Waals surface area contributed by atoms with Crippen LogP contribution in [-0.2, 0) is 0 Å². The second kappa shape index (κ2) is 5.10. The van der Waals surface area contributed by atoms with Crippen molar-refractivity contribution in [2.24, 2.45) is 5.73 Å². The van der Waals surface area contributed by atoms with Crippen LogP contribution in [-0.4, -0.2) is 30.5 Å². The van der Waals surface area contributed by atoms with E-state index in [9.17, 15) is 8.78 Å². The molecule has 0 aliphatic carbocycles. The maximum atomic E-state index is 13.0. The van der Waals surface area contributed by atoms with Crippen LogP contribution in [0, 0.1) is 0 Å². The van der Waals surface area contributed by atoms with Crippen molar-refractivity contribution in [1.82, 2.24) is 4.90 Å². The van der Waals surface area contributed by atoms with Crippen molar-refractivity contribution in [3.8, 4) is 0 Å². The molecule has 0 saturated carbocycles. The van der Waals surface area contributed by atoms with Crippen molar-refractivity contribution in [3.63, 3.8) is 0 Å². The average Bonchev–Trinajstić information content (AvgIpc) is 2.33. The summed E-state index contributed by atoms with van der Waals surface area (Å²) in [5, 5.41) is 0. The normalized spacial score (nSPS) is 22.3. The maximum absolute atomic E-state index is 13.0. The Labute approximate surface area is 100 Å². The highest BCUT2D eigenvalue weighted by Gasteiger charge is 2.34. The third kappa shape index (κ3) is 3.48. The number of alkyl halides is 2. The van der Waals surface area contributed by atoms with E-state index in [4.69, 9.17) is 5.73 Å². The van der Waals surface area contributed by atoms with Crippen LogP contribution in [0.5, 0.6) is 0 Å². The van der Waals surface area contributed by atoms with E-state index in [1.54, 1.807) is 0 Å². The fraction of sp³-hybridized carbons (Fsp3) is 0.538. The van der Waals surface area contributed by atoms with Gasteiger partial charge in [0.25, 0.3) is 5.92 Å². The van der Waals surface area contributed by atoms with Crippen LogP contribution in [0.25, 0.3) is 0 Å². The van der Waals surface area contributed by atoms with Crippen LogP contribution < -0.4 is 5.73 Å². The molecule has 4 heteroatoms. The lowest BCUT2D eigenvalue weighted by Gasteiger charge is -2.33. The minimum Gasteiger partial charge on any atom is -0.323 e. The number of rotatable bonds is 3. The molecule has 1 aliphatic heterocycles. The number of hydrogen-bond acceptors (Lipinski definition) is 2. The van der Waals surface area contributed by atoms with Gasteiger partial charge in [0.1, 0.15) is 0 Å². The molecule has 17 heavy (non-hydrogen) atoms. The van der Waals surface area contributed by atoms with E-state index in [-0.39, 0.29) is 18.9 Å². The van der Waals surface area contributed by atoms with Gasteiger partial charge in [-0.1, -0.05) is 30.3 Å². The Morgan fingerprint density at radius 3 is 2.35 bits per heavy atom. The molecule has 1 saturated heterocycles. The van der Waals surface area contributed by atoms with Crippen LogP contribution in [0.15, 0.2) is 30.3 Å². The maximum Gasteiger partial charge on any atom is 0.250 e. The number of nitrogens with zero attached hydrogens (tertiary/aromatic N) is 1. The number of benzene rings is 1. The van der Waals surface area contributed by atoms with Crippen molar-refractivity contribution in [2.75, 3.05) is 19.6 Å². The predicted molar refractivity (Wildman–Crippen MR) is 64.0 cm³/mol. The van der Waals surface area contributed by atoms with Gasteiger partial charge >= 0.3 is 0 Å². The van der Waals surface area contributed by atoms with E-state index in [2.05, 4.69) is 0 Å². The number of halogens is 2. The summed E-state index contributed by atoms with van der Waals surface area (Å²) in [7, 11) is 0. The van der Waals surface area contributed by atoms with E-state index >= 15 is 0 Å². The molecule has 94 valence electrons.